The van der Waals surface area contributed by atoms with Crippen molar-refractivity contribution in [2.75, 3.05) is 18.1 Å². The summed E-state index contributed by atoms with van der Waals surface area (Å²) in [7, 11) is 1.60. The Balaban J connectivity index is 1.94. The van der Waals surface area contributed by atoms with Crippen LogP contribution in [0.3, 0.4) is 0 Å². The van der Waals surface area contributed by atoms with E-state index < -0.39 is 0 Å². The maximum absolute atomic E-state index is 11.5. The first-order valence-corrected chi connectivity index (χ1v) is 7.00. The molecule has 0 saturated carbocycles. The fourth-order valence-electron chi connectivity index (χ4n) is 2.13. The molecule has 2 rings (SSSR count). The van der Waals surface area contributed by atoms with Crippen molar-refractivity contribution < 1.29 is 9.21 Å². The molecule has 112 valence electrons. The van der Waals surface area contributed by atoms with Crippen molar-refractivity contribution >= 4 is 17.3 Å². The number of nitrogen functional groups attached to an aromatic ring is 1. The van der Waals surface area contributed by atoms with Crippen molar-refractivity contribution in [1.29, 1.82) is 0 Å². The molecule has 21 heavy (non-hydrogen) atoms. The lowest BCUT2D eigenvalue weighted by Crippen LogP contribution is -2.19. The second-order valence-corrected chi connectivity index (χ2v) is 5.04. The largest absolute Gasteiger partial charge is 0.469 e. The predicted molar refractivity (Wildman–Crippen MR) is 84.4 cm³/mol. The SMILES string of the molecule is CNC(=O)c1ccc(NC(C)CCc2ccco2)c(N)c1. The zero-order chi connectivity index (χ0) is 15.2. The molecule has 0 spiro atoms. The number of amides is 1. The van der Waals surface area contributed by atoms with E-state index in [1.165, 1.54) is 0 Å². The topological polar surface area (TPSA) is 80.3 Å². The molecule has 1 amide bonds. The Hall–Kier alpha value is -2.43. The zero-order valence-corrected chi connectivity index (χ0v) is 12.3. The molecular formula is C16H21N3O2. The molecule has 1 aromatic carbocycles. The van der Waals surface area contributed by atoms with Gasteiger partial charge in [-0.05, 0) is 43.7 Å². The molecule has 0 aliphatic rings. The lowest BCUT2D eigenvalue weighted by Gasteiger charge is -2.17. The van der Waals surface area contributed by atoms with E-state index >= 15 is 0 Å². The molecular weight excluding hydrogens is 266 g/mol. The molecule has 1 aromatic heterocycles. The smallest absolute Gasteiger partial charge is 0.251 e. The van der Waals surface area contributed by atoms with Crippen LogP contribution in [0.5, 0.6) is 0 Å². The highest BCUT2D eigenvalue weighted by molar-refractivity contribution is 5.95. The minimum Gasteiger partial charge on any atom is -0.469 e. The number of carbonyl (C=O) groups excluding carboxylic acids is 1. The second kappa shape index (κ2) is 6.83. The number of carbonyl (C=O) groups is 1. The minimum absolute atomic E-state index is 0.140. The van der Waals surface area contributed by atoms with Crippen LogP contribution in [0, 0.1) is 0 Å². The Morgan fingerprint density at radius 2 is 2.19 bits per heavy atom. The highest BCUT2D eigenvalue weighted by atomic mass is 16.3. The number of rotatable bonds is 6. The van der Waals surface area contributed by atoms with Gasteiger partial charge in [-0.3, -0.25) is 4.79 Å². The molecule has 4 N–H and O–H groups in total. The van der Waals surface area contributed by atoms with Crippen LogP contribution in [0.25, 0.3) is 0 Å². The van der Waals surface area contributed by atoms with Crippen molar-refractivity contribution in [3.63, 3.8) is 0 Å². The number of aryl methyl sites for hydroxylation is 1. The maximum atomic E-state index is 11.5. The Bertz CT molecular complexity index is 594. The number of nitrogens with two attached hydrogens (primary N) is 1. The fourth-order valence-corrected chi connectivity index (χ4v) is 2.13. The monoisotopic (exact) mass is 287 g/mol. The molecule has 5 nitrogen and oxygen atoms in total. The van der Waals surface area contributed by atoms with Crippen molar-refractivity contribution in [3.8, 4) is 0 Å². The number of anilines is 2. The molecule has 0 fully saturated rings. The standard InChI is InChI=1S/C16H21N3O2/c1-11(5-7-13-4-3-9-21-13)19-15-8-6-12(10-14(15)17)16(20)18-2/h3-4,6,8-11,19H,5,7,17H2,1-2H3,(H,18,20). The van der Waals surface area contributed by atoms with Gasteiger partial charge in [0.25, 0.3) is 5.91 Å². The van der Waals surface area contributed by atoms with Crippen LogP contribution in [-0.4, -0.2) is 19.0 Å². The summed E-state index contributed by atoms with van der Waals surface area (Å²) in [5.74, 6) is 0.839. The third kappa shape index (κ3) is 4.02. The first-order chi connectivity index (χ1) is 10.1. The number of benzene rings is 1. The van der Waals surface area contributed by atoms with Crippen molar-refractivity contribution in [3.05, 3.63) is 47.9 Å². The van der Waals surface area contributed by atoms with Crippen molar-refractivity contribution in [2.45, 2.75) is 25.8 Å². The summed E-state index contributed by atoms with van der Waals surface area (Å²) in [6.07, 6.45) is 3.49. The van der Waals surface area contributed by atoms with Gasteiger partial charge in [0.2, 0.25) is 0 Å². The van der Waals surface area contributed by atoms with Crippen LogP contribution in [0.1, 0.15) is 29.5 Å². The molecule has 0 aliphatic heterocycles. The van der Waals surface area contributed by atoms with Gasteiger partial charge < -0.3 is 20.8 Å². The highest BCUT2D eigenvalue weighted by Gasteiger charge is 2.09. The molecule has 1 unspecified atom stereocenters. The third-order valence-electron chi connectivity index (χ3n) is 3.35. The van der Waals surface area contributed by atoms with Crippen LogP contribution in [0.4, 0.5) is 11.4 Å². The minimum atomic E-state index is -0.140. The van der Waals surface area contributed by atoms with Crippen molar-refractivity contribution in [1.82, 2.24) is 5.32 Å². The lowest BCUT2D eigenvalue weighted by molar-refractivity contribution is 0.0963. The van der Waals surface area contributed by atoms with Gasteiger partial charge in [0.15, 0.2) is 0 Å². The number of hydrogen-bond acceptors (Lipinski definition) is 4. The predicted octanol–water partition coefficient (Wildman–Crippen LogP) is 2.65. The Labute approximate surface area is 124 Å². The summed E-state index contributed by atoms with van der Waals surface area (Å²) < 4.78 is 5.32. The maximum Gasteiger partial charge on any atom is 0.251 e. The van der Waals surface area contributed by atoms with Gasteiger partial charge in [-0.1, -0.05) is 0 Å². The number of nitrogens with one attached hydrogen (secondary N) is 2. The first-order valence-electron chi connectivity index (χ1n) is 7.00. The van der Waals surface area contributed by atoms with E-state index in [9.17, 15) is 4.79 Å². The van der Waals surface area contributed by atoms with Gasteiger partial charge in [-0.15, -0.1) is 0 Å². The van der Waals surface area contributed by atoms with E-state index in [0.717, 1.165) is 24.3 Å². The summed E-state index contributed by atoms with van der Waals surface area (Å²) >= 11 is 0. The Kier molecular flexibility index (Phi) is 4.87. The lowest BCUT2D eigenvalue weighted by atomic mass is 10.1. The summed E-state index contributed by atoms with van der Waals surface area (Å²) in [5.41, 5.74) is 7.96. The van der Waals surface area contributed by atoms with E-state index in [1.54, 1.807) is 25.4 Å². The van der Waals surface area contributed by atoms with Crippen LogP contribution >= 0.6 is 0 Å². The first kappa shape index (κ1) is 15.0. The Morgan fingerprint density at radius 1 is 1.38 bits per heavy atom. The summed E-state index contributed by atoms with van der Waals surface area (Å²) in [5, 5.41) is 5.94. The van der Waals surface area contributed by atoms with Gasteiger partial charge in [0.1, 0.15) is 5.76 Å². The molecule has 5 heteroatoms. The van der Waals surface area contributed by atoms with Crippen LogP contribution in [-0.2, 0) is 6.42 Å². The van der Waals surface area contributed by atoms with E-state index in [0.29, 0.717) is 11.3 Å². The molecule has 2 aromatic rings. The third-order valence-corrected chi connectivity index (χ3v) is 3.35. The normalized spacial score (nSPS) is 11.9. The van der Waals surface area contributed by atoms with Gasteiger partial charge in [0.05, 0.1) is 17.6 Å². The highest BCUT2D eigenvalue weighted by Crippen LogP contribution is 2.21. The van der Waals surface area contributed by atoms with Gasteiger partial charge in [-0.2, -0.15) is 0 Å². The number of hydrogen-bond donors (Lipinski definition) is 3. The van der Waals surface area contributed by atoms with Gasteiger partial charge in [0, 0.05) is 25.1 Å². The molecule has 0 radical (unpaired) electrons. The average Bonchev–Trinajstić information content (AvgIpc) is 2.99. The zero-order valence-electron chi connectivity index (χ0n) is 12.3. The average molecular weight is 287 g/mol. The van der Waals surface area contributed by atoms with Crippen molar-refractivity contribution in [2.24, 2.45) is 0 Å². The van der Waals surface area contributed by atoms with Crippen LogP contribution < -0.4 is 16.4 Å². The molecule has 0 saturated heterocycles. The summed E-state index contributed by atoms with van der Waals surface area (Å²) in [6.45, 7) is 2.09. The fraction of sp³-hybridized carbons (Fsp3) is 0.312. The summed E-state index contributed by atoms with van der Waals surface area (Å²) in [4.78, 5) is 11.5. The van der Waals surface area contributed by atoms with E-state index in [-0.39, 0.29) is 11.9 Å². The molecule has 0 bridgehead atoms. The molecule has 0 aliphatic carbocycles. The van der Waals surface area contributed by atoms with Gasteiger partial charge >= 0.3 is 0 Å². The van der Waals surface area contributed by atoms with Gasteiger partial charge in [-0.25, -0.2) is 0 Å². The Morgan fingerprint density at radius 3 is 2.81 bits per heavy atom. The molecule has 1 atom stereocenters. The second-order valence-electron chi connectivity index (χ2n) is 5.04. The number of furan rings is 1. The van der Waals surface area contributed by atoms with E-state index in [1.807, 2.05) is 18.2 Å². The van der Waals surface area contributed by atoms with E-state index in [4.69, 9.17) is 10.2 Å². The van der Waals surface area contributed by atoms with Crippen LogP contribution in [0.15, 0.2) is 41.0 Å². The quantitative estimate of drug-likeness (QED) is 0.714. The molecule has 1 heterocycles. The van der Waals surface area contributed by atoms with E-state index in [2.05, 4.69) is 17.6 Å². The summed E-state index contributed by atoms with van der Waals surface area (Å²) in [6, 6.07) is 9.39. The van der Waals surface area contributed by atoms with Crippen LogP contribution in [0.2, 0.25) is 0 Å².